The molecule has 0 saturated carbocycles. The summed E-state index contributed by atoms with van der Waals surface area (Å²) in [6.07, 6.45) is 0. The Morgan fingerprint density at radius 1 is 0.941 bits per heavy atom. The first-order chi connectivity index (χ1) is 16.2. The number of aryl methyl sites for hydroxylation is 3. The third-order valence-electron chi connectivity index (χ3n) is 7.50. The molecule has 1 aliphatic carbocycles. The van der Waals surface area contributed by atoms with E-state index in [4.69, 9.17) is 0 Å². The molecule has 6 nitrogen and oxygen atoms in total. The average molecular weight is 461 g/mol. The molecule has 0 amide bonds. The molecule has 7 heteroatoms. The quantitative estimate of drug-likeness (QED) is 0.557. The van der Waals surface area contributed by atoms with Crippen molar-refractivity contribution in [3.8, 4) is 0 Å². The van der Waals surface area contributed by atoms with Crippen LogP contribution in [0.25, 0.3) is 0 Å². The molecule has 1 saturated heterocycles. The van der Waals surface area contributed by atoms with Crippen molar-refractivity contribution in [2.75, 3.05) is 26.2 Å². The number of benzene rings is 2. The first-order valence-electron chi connectivity index (χ1n) is 11.7. The Labute approximate surface area is 199 Å². The minimum absolute atomic E-state index is 0.165. The Morgan fingerprint density at radius 2 is 1.56 bits per heavy atom. The SMILES string of the molecule is Cc1ccc(F)cc1CN1CCN(C2(c3c(C)nn(C)c3C)C(=O)c3ccccc3C2=O)CC1. The van der Waals surface area contributed by atoms with E-state index in [-0.39, 0.29) is 17.4 Å². The largest absolute Gasteiger partial charge is 0.297 e. The van der Waals surface area contributed by atoms with E-state index in [1.54, 1.807) is 28.9 Å². The molecule has 5 rings (SSSR count). The number of rotatable bonds is 4. The van der Waals surface area contributed by atoms with Crippen LogP contribution in [-0.2, 0) is 19.1 Å². The molecule has 1 fully saturated rings. The second kappa shape index (κ2) is 8.25. The van der Waals surface area contributed by atoms with Crippen LogP contribution >= 0.6 is 0 Å². The number of nitrogens with zero attached hydrogens (tertiary/aromatic N) is 4. The van der Waals surface area contributed by atoms with Crippen LogP contribution in [0.1, 0.15) is 48.8 Å². The highest BCUT2D eigenvalue weighted by Gasteiger charge is 2.60. The predicted molar refractivity (Wildman–Crippen MR) is 127 cm³/mol. The van der Waals surface area contributed by atoms with E-state index in [1.165, 1.54) is 6.07 Å². The van der Waals surface area contributed by atoms with Crippen molar-refractivity contribution >= 4 is 11.6 Å². The number of carbonyl (C=O) groups is 2. The molecule has 2 aromatic carbocycles. The van der Waals surface area contributed by atoms with E-state index in [2.05, 4.69) is 10.00 Å². The van der Waals surface area contributed by atoms with Gasteiger partial charge in [0.05, 0.1) is 5.69 Å². The zero-order valence-corrected chi connectivity index (χ0v) is 20.1. The summed E-state index contributed by atoms with van der Waals surface area (Å²) in [5.41, 5.74) is 3.81. The van der Waals surface area contributed by atoms with Crippen molar-refractivity contribution in [3.05, 3.63) is 87.5 Å². The van der Waals surface area contributed by atoms with Crippen LogP contribution in [0.4, 0.5) is 4.39 Å². The minimum Gasteiger partial charge on any atom is -0.297 e. The molecule has 34 heavy (non-hydrogen) atoms. The molecule has 176 valence electrons. The molecule has 0 radical (unpaired) electrons. The topological polar surface area (TPSA) is 58.4 Å². The summed E-state index contributed by atoms with van der Waals surface area (Å²) < 4.78 is 15.5. The average Bonchev–Trinajstić information content (AvgIpc) is 3.21. The molecule has 3 aromatic rings. The fourth-order valence-electron chi connectivity index (χ4n) is 5.63. The lowest BCUT2D eigenvalue weighted by Gasteiger charge is -2.44. The van der Waals surface area contributed by atoms with Gasteiger partial charge < -0.3 is 0 Å². The van der Waals surface area contributed by atoms with Crippen LogP contribution in [0.2, 0.25) is 0 Å². The van der Waals surface area contributed by atoms with Gasteiger partial charge >= 0.3 is 0 Å². The fourth-order valence-corrected chi connectivity index (χ4v) is 5.63. The van der Waals surface area contributed by atoms with Crippen molar-refractivity contribution in [2.45, 2.75) is 32.9 Å². The summed E-state index contributed by atoms with van der Waals surface area (Å²) in [7, 11) is 1.84. The lowest BCUT2D eigenvalue weighted by atomic mass is 9.81. The van der Waals surface area contributed by atoms with Crippen LogP contribution in [0.5, 0.6) is 0 Å². The van der Waals surface area contributed by atoms with Gasteiger partial charge in [0, 0.05) is 62.2 Å². The van der Waals surface area contributed by atoms with Gasteiger partial charge in [0.25, 0.3) is 0 Å². The van der Waals surface area contributed by atoms with E-state index in [1.807, 2.05) is 44.9 Å². The fraction of sp³-hybridized carbons (Fsp3) is 0.370. The number of ketones is 2. The van der Waals surface area contributed by atoms with E-state index >= 15 is 0 Å². The summed E-state index contributed by atoms with van der Waals surface area (Å²) in [5, 5.41) is 4.56. The van der Waals surface area contributed by atoms with Gasteiger partial charge in [-0.1, -0.05) is 30.3 Å². The van der Waals surface area contributed by atoms with E-state index < -0.39 is 5.54 Å². The number of piperazine rings is 1. The summed E-state index contributed by atoms with van der Waals surface area (Å²) in [6.45, 7) is 8.86. The zero-order valence-electron chi connectivity index (χ0n) is 20.1. The van der Waals surface area contributed by atoms with Crippen molar-refractivity contribution in [3.63, 3.8) is 0 Å². The molecule has 1 aromatic heterocycles. The first kappa shape index (κ1) is 22.6. The van der Waals surface area contributed by atoms with E-state index in [0.717, 1.165) is 16.8 Å². The molecule has 1 aliphatic heterocycles. The smallest absolute Gasteiger partial charge is 0.196 e. The highest BCUT2D eigenvalue weighted by molar-refractivity contribution is 6.33. The molecule has 0 N–H and O–H groups in total. The third kappa shape index (κ3) is 3.26. The minimum atomic E-state index is -1.40. The number of aromatic nitrogens is 2. The number of Topliss-reactive ketones (excluding diaryl/α,β-unsaturated/α-hetero) is 2. The monoisotopic (exact) mass is 460 g/mol. The third-order valence-corrected chi connectivity index (χ3v) is 7.50. The van der Waals surface area contributed by atoms with Gasteiger partial charge in [0.15, 0.2) is 17.1 Å². The second-order valence-electron chi connectivity index (χ2n) is 9.42. The lowest BCUT2D eigenvalue weighted by Crippen LogP contribution is -2.60. The van der Waals surface area contributed by atoms with E-state index in [9.17, 15) is 14.0 Å². The van der Waals surface area contributed by atoms with Crippen LogP contribution in [0.3, 0.4) is 0 Å². The summed E-state index contributed by atoms with van der Waals surface area (Å²) in [4.78, 5) is 32.4. The Bertz CT molecular complexity index is 1270. The Morgan fingerprint density at radius 3 is 2.12 bits per heavy atom. The summed E-state index contributed by atoms with van der Waals surface area (Å²) in [6, 6.07) is 12.0. The molecular weight excluding hydrogens is 431 g/mol. The standard InChI is InChI=1S/C27H29FN4O2/c1-17-9-10-21(28)15-20(17)16-31-11-13-32(14-12-31)27(24-18(2)29-30(4)19(24)3)25(33)22-7-5-6-8-23(22)26(27)34/h5-10,15H,11-14,16H2,1-4H3. The lowest BCUT2D eigenvalue weighted by molar-refractivity contribution is 0.0274. The zero-order chi connectivity index (χ0) is 24.2. The maximum Gasteiger partial charge on any atom is 0.196 e. The predicted octanol–water partition coefficient (Wildman–Crippen LogP) is 3.58. The molecule has 0 atom stereocenters. The van der Waals surface area contributed by atoms with Crippen molar-refractivity contribution < 1.29 is 14.0 Å². The molecule has 2 aliphatic rings. The van der Waals surface area contributed by atoms with E-state index in [0.29, 0.717) is 55.1 Å². The molecule has 0 unspecified atom stereocenters. The summed E-state index contributed by atoms with van der Waals surface area (Å²) in [5.74, 6) is -0.566. The Hall–Kier alpha value is -3.16. The van der Waals surface area contributed by atoms with Gasteiger partial charge in [0.2, 0.25) is 0 Å². The van der Waals surface area contributed by atoms with Crippen molar-refractivity contribution in [2.24, 2.45) is 7.05 Å². The second-order valence-corrected chi connectivity index (χ2v) is 9.42. The number of hydrogen-bond donors (Lipinski definition) is 0. The molecular formula is C27H29FN4O2. The highest BCUT2D eigenvalue weighted by Crippen LogP contribution is 2.45. The van der Waals surface area contributed by atoms with Gasteiger partial charge in [-0.2, -0.15) is 5.10 Å². The van der Waals surface area contributed by atoms with Crippen LogP contribution in [0, 0.1) is 26.6 Å². The van der Waals surface area contributed by atoms with Crippen LogP contribution in [0.15, 0.2) is 42.5 Å². The van der Waals surface area contributed by atoms with Crippen LogP contribution < -0.4 is 0 Å². The highest BCUT2D eigenvalue weighted by atomic mass is 19.1. The van der Waals surface area contributed by atoms with Gasteiger partial charge in [0.1, 0.15) is 5.82 Å². The number of halogens is 1. The van der Waals surface area contributed by atoms with Crippen molar-refractivity contribution in [1.29, 1.82) is 0 Å². The van der Waals surface area contributed by atoms with Crippen LogP contribution in [-0.4, -0.2) is 57.3 Å². The van der Waals surface area contributed by atoms with Gasteiger partial charge in [-0.15, -0.1) is 0 Å². The number of carbonyl (C=O) groups excluding carboxylic acids is 2. The molecule has 0 bridgehead atoms. The maximum atomic E-state index is 14.0. The van der Waals surface area contributed by atoms with Gasteiger partial charge in [-0.25, -0.2) is 4.39 Å². The maximum absolute atomic E-state index is 14.0. The van der Waals surface area contributed by atoms with Gasteiger partial charge in [-0.05, 0) is 44.0 Å². The normalized spacial score (nSPS) is 18.5. The number of fused-ring (bicyclic) bond motifs is 1. The Kier molecular flexibility index (Phi) is 5.49. The summed E-state index contributed by atoms with van der Waals surface area (Å²) >= 11 is 0. The number of hydrogen-bond acceptors (Lipinski definition) is 5. The molecule has 2 heterocycles. The molecule has 0 spiro atoms. The Balaban J connectivity index is 1.51. The first-order valence-corrected chi connectivity index (χ1v) is 11.7. The van der Waals surface area contributed by atoms with Crippen molar-refractivity contribution in [1.82, 2.24) is 19.6 Å². The van der Waals surface area contributed by atoms with Gasteiger partial charge in [-0.3, -0.25) is 24.1 Å².